The van der Waals surface area contributed by atoms with E-state index in [4.69, 9.17) is 4.74 Å². The van der Waals surface area contributed by atoms with Crippen molar-refractivity contribution >= 4 is 10.8 Å². The Labute approximate surface area is 117 Å². The number of halogens is 2. The van der Waals surface area contributed by atoms with E-state index < -0.39 is 13.0 Å². The Morgan fingerprint density at radius 1 is 1.05 bits per heavy atom. The Morgan fingerprint density at radius 2 is 1.80 bits per heavy atom. The minimum absolute atomic E-state index is 0.0663. The summed E-state index contributed by atoms with van der Waals surface area (Å²) in [7, 11) is 0. The van der Waals surface area contributed by atoms with Crippen LogP contribution < -0.4 is 5.32 Å². The van der Waals surface area contributed by atoms with Gasteiger partial charge in [-0.05, 0) is 28.9 Å². The van der Waals surface area contributed by atoms with Crippen molar-refractivity contribution in [3.8, 4) is 0 Å². The number of hydrogen-bond acceptors (Lipinski definition) is 2. The fraction of sp³-hybridized carbons (Fsp3) is 0.375. The molecule has 0 spiro atoms. The first-order valence-corrected chi connectivity index (χ1v) is 6.78. The molecule has 108 valence electrons. The Morgan fingerprint density at radius 3 is 2.50 bits per heavy atom. The van der Waals surface area contributed by atoms with E-state index >= 15 is 0 Å². The molecule has 0 aliphatic carbocycles. The molecule has 4 heteroatoms. The maximum Gasteiger partial charge on any atom is 0.261 e. The first-order chi connectivity index (χ1) is 9.70. The first-order valence-electron chi connectivity index (χ1n) is 6.78. The molecule has 0 heterocycles. The van der Waals surface area contributed by atoms with Gasteiger partial charge in [0.1, 0.15) is 6.61 Å². The Bertz CT molecular complexity index is 545. The molecule has 0 aliphatic heterocycles. The summed E-state index contributed by atoms with van der Waals surface area (Å²) in [4.78, 5) is 0. The summed E-state index contributed by atoms with van der Waals surface area (Å²) in [6.45, 7) is 2.47. The van der Waals surface area contributed by atoms with Gasteiger partial charge < -0.3 is 10.1 Å². The number of benzene rings is 2. The lowest BCUT2D eigenvalue weighted by molar-refractivity contribution is 0.00935. The van der Waals surface area contributed by atoms with E-state index in [9.17, 15) is 8.78 Å². The van der Waals surface area contributed by atoms with Gasteiger partial charge in [0.15, 0.2) is 0 Å². The number of hydrogen-bond donors (Lipinski definition) is 1. The predicted molar refractivity (Wildman–Crippen MR) is 77.2 cm³/mol. The average molecular weight is 279 g/mol. The monoisotopic (exact) mass is 279 g/mol. The van der Waals surface area contributed by atoms with Gasteiger partial charge in [-0.1, -0.05) is 43.3 Å². The van der Waals surface area contributed by atoms with E-state index in [1.807, 2.05) is 37.3 Å². The maximum absolute atomic E-state index is 12.1. The molecule has 0 fully saturated rings. The van der Waals surface area contributed by atoms with Crippen molar-refractivity contribution in [3.63, 3.8) is 0 Å². The lowest BCUT2D eigenvalue weighted by Crippen LogP contribution is -2.26. The van der Waals surface area contributed by atoms with Crippen LogP contribution in [-0.4, -0.2) is 26.2 Å². The molecule has 20 heavy (non-hydrogen) atoms. The second-order valence-electron chi connectivity index (χ2n) is 4.65. The number of nitrogens with one attached hydrogen (secondary N) is 1. The molecule has 1 N–H and O–H groups in total. The number of likely N-dealkylation sites (N-methyl/N-ethyl adjacent to an activating group) is 1. The summed E-state index contributed by atoms with van der Waals surface area (Å²) in [5.74, 6) is 0. The Kier molecular flexibility index (Phi) is 5.44. The van der Waals surface area contributed by atoms with E-state index in [0.717, 1.165) is 17.5 Å². The maximum atomic E-state index is 12.1. The van der Waals surface area contributed by atoms with Gasteiger partial charge in [-0.25, -0.2) is 8.78 Å². The van der Waals surface area contributed by atoms with Gasteiger partial charge >= 0.3 is 0 Å². The summed E-state index contributed by atoms with van der Waals surface area (Å²) in [5, 5.41) is 5.57. The van der Waals surface area contributed by atoms with Crippen molar-refractivity contribution in [2.75, 3.05) is 19.8 Å². The Hall–Kier alpha value is -1.52. The standard InChI is InChI=1S/C16H19F2NO/c1-2-19-15(10-20-11-16(17)18)14-8-7-12-5-3-4-6-13(12)9-14/h3-9,15-16,19H,2,10-11H2,1H3. The fourth-order valence-electron chi connectivity index (χ4n) is 2.22. The second-order valence-corrected chi connectivity index (χ2v) is 4.65. The zero-order chi connectivity index (χ0) is 14.4. The second kappa shape index (κ2) is 7.31. The summed E-state index contributed by atoms with van der Waals surface area (Å²) in [6, 6.07) is 14.1. The molecule has 1 atom stereocenters. The van der Waals surface area contributed by atoms with Crippen molar-refractivity contribution in [2.45, 2.75) is 19.4 Å². The molecule has 0 bridgehead atoms. The molecule has 1 unspecified atom stereocenters. The molecule has 0 amide bonds. The SMILES string of the molecule is CCNC(COCC(F)F)c1ccc2ccccc2c1. The molecular formula is C16H19F2NO. The van der Waals surface area contributed by atoms with E-state index in [0.29, 0.717) is 0 Å². The third-order valence-electron chi connectivity index (χ3n) is 3.15. The molecular weight excluding hydrogens is 260 g/mol. The molecule has 2 aromatic carbocycles. The zero-order valence-electron chi connectivity index (χ0n) is 11.5. The summed E-state index contributed by atoms with van der Waals surface area (Å²) < 4.78 is 29.3. The van der Waals surface area contributed by atoms with Crippen LogP contribution in [0.2, 0.25) is 0 Å². The van der Waals surface area contributed by atoms with Gasteiger partial charge in [0.05, 0.1) is 12.6 Å². The van der Waals surface area contributed by atoms with Crippen LogP contribution >= 0.6 is 0 Å². The summed E-state index contributed by atoms with van der Waals surface area (Å²) in [6.07, 6.45) is -2.42. The third kappa shape index (κ3) is 3.99. The van der Waals surface area contributed by atoms with Crippen molar-refractivity contribution < 1.29 is 13.5 Å². The highest BCUT2D eigenvalue weighted by molar-refractivity contribution is 5.83. The van der Waals surface area contributed by atoms with Crippen LogP contribution in [0.4, 0.5) is 8.78 Å². The van der Waals surface area contributed by atoms with Gasteiger partial charge in [0.25, 0.3) is 6.43 Å². The lowest BCUT2D eigenvalue weighted by atomic mass is 10.0. The average Bonchev–Trinajstić information content (AvgIpc) is 2.45. The third-order valence-corrected chi connectivity index (χ3v) is 3.15. The highest BCUT2D eigenvalue weighted by Gasteiger charge is 2.12. The Balaban J connectivity index is 2.13. The van der Waals surface area contributed by atoms with Gasteiger partial charge in [-0.2, -0.15) is 0 Å². The molecule has 2 rings (SSSR count). The molecule has 2 aromatic rings. The topological polar surface area (TPSA) is 21.3 Å². The van der Waals surface area contributed by atoms with Crippen LogP contribution in [0.3, 0.4) is 0 Å². The van der Waals surface area contributed by atoms with Crippen LogP contribution in [0.15, 0.2) is 42.5 Å². The molecule has 0 aromatic heterocycles. The minimum Gasteiger partial charge on any atom is -0.374 e. The first kappa shape index (κ1) is 14.9. The smallest absolute Gasteiger partial charge is 0.261 e. The van der Waals surface area contributed by atoms with E-state index in [2.05, 4.69) is 17.4 Å². The van der Waals surface area contributed by atoms with Gasteiger partial charge in [-0.15, -0.1) is 0 Å². The van der Waals surface area contributed by atoms with Crippen molar-refractivity contribution in [3.05, 3.63) is 48.0 Å². The largest absolute Gasteiger partial charge is 0.374 e. The van der Waals surface area contributed by atoms with E-state index in [-0.39, 0.29) is 12.6 Å². The zero-order valence-corrected chi connectivity index (χ0v) is 11.5. The summed E-state index contributed by atoms with van der Waals surface area (Å²) in [5.41, 5.74) is 1.06. The predicted octanol–water partition coefficient (Wildman–Crippen LogP) is 3.77. The van der Waals surface area contributed by atoms with Gasteiger partial charge in [0, 0.05) is 0 Å². The van der Waals surface area contributed by atoms with Crippen LogP contribution in [0, 0.1) is 0 Å². The number of fused-ring (bicyclic) bond motifs is 1. The number of ether oxygens (including phenoxy) is 1. The number of rotatable bonds is 7. The lowest BCUT2D eigenvalue weighted by Gasteiger charge is -2.19. The molecule has 2 nitrogen and oxygen atoms in total. The fourth-order valence-corrected chi connectivity index (χ4v) is 2.22. The molecule has 0 saturated heterocycles. The van der Waals surface area contributed by atoms with E-state index in [1.165, 1.54) is 5.39 Å². The number of alkyl halides is 2. The highest BCUT2D eigenvalue weighted by Crippen LogP contribution is 2.21. The molecule has 0 radical (unpaired) electrons. The molecule has 0 aliphatic rings. The van der Waals surface area contributed by atoms with E-state index in [1.54, 1.807) is 0 Å². The highest BCUT2D eigenvalue weighted by atomic mass is 19.3. The summed E-state index contributed by atoms with van der Waals surface area (Å²) >= 11 is 0. The van der Waals surface area contributed by atoms with Crippen LogP contribution in [-0.2, 0) is 4.74 Å². The van der Waals surface area contributed by atoms with Gasteiger partial charge in [0.2, 0.25) is 0 Å². The quantitative estimate of drug-likeness (QED) is 0.833. The van der Waals surface area contributed by atoms with Crippen molar-refractivity contribution in [1.29, 1.82) is 0 Å². The minimum atomic E-state index is -2.42. The van der Waals surface area contributed by atoms with Crippen LogP contribution in [0.1, 0.15) is 18.5 Å². The van der Waals surface area contributed by atoms with Crippen LogP contribution in [0.25, 0.3) is 10.8 Å². The molecule has 0 saturated carbocycles. The van der Waals surface area contributed by atoms with Crippen molar-refractivity contribution in [2.24, 2.45) is 0 Å². The normalized spacial score (nSPS) is 13.0. The van der Waals surface area contributed by atoms with Gasteiger partial charge in [-0.3, -0.25) is 0 Å². The van der Waals surface area contributed by atoms with Crippen LogP contribution in [0.5, 0.6) is 0 Å². The van der Waals surface area contributed by atoms with Crippen molar-refractivity contribution in [1.82, 2.24) is 5.32 Å².